The smallest absolute Gasteiger partial charge is 0.255 e. The zero-order valence-electron chi connectivity index (χ0n) is 16.4. The van der Waals surface area contributed by atoms with Crippen LogP contribution >= 0.6 is 11.6 Å². The first-order valence-electron chi connectivity index (χ1n) is 8.85. The zero-order chi connectivity index (χ0) is 22.8. The molecule has 0 aliphatic rings. The molecule has 0 N–H and O–H groups in total. The summed E-state index contributed by atoms with van der Waals surface area (Å²) < 4.78 is 51.7. The molecule has 0 radical (unpaired) electrons. The van der Waals surface area contributed by atoms with Gasteiger partial charge in [-0.3, -0.25) is 4.79 Å². The molecule has 0 saturated heterocycles. The van der Waals surface area contributed by atoms with Gasteiger partial charge in [-0.2, -0.15) is 9.78 Å². The summed E-state index contributed by atoms with van der Waals surface area (Å²) in [6, 6.07) is 4.11. The molecule has 0 spiro atoms. The van der Waals surface area contributed by atoms with Gasteiger partial charge in [0.1, 0.15) is 6.33 Å². The molecule has 164 valence electrons. The maximum atomic E-state index is 13.4. The number of alkyl halides is 2. The van der Waals surface area contributed by atoms with Gasteiger partial charge in [-0.25, -0.2) is 32.2 Å². The van der Waals surface area contributed by atoms with Gasteiger partial charge in [0.15, 0.2) is 15.7 Å². The molecule has 0 aliphatic heterocycles. The van der Waals surface area contributed by atoms with E-state index in [1.165, 1.54) is 42.5 Å². The number of rotatable bonds is 7. The van der Waals surface area contributed by atoms with E-state index >= 15 is 0 Å². The van der Waals surface area contributed by atoms with Crippen molar-refractivity contribution in [2.24, 2.45) is 0 Å². The van der Waals surface area contributed by atoms with Crippen molar-refractivity contribution < 1.29 is 22.0 Å². The molecule has 31 heavy (non-hydrogen) atoms. The third-order valence-corrected chi connectivity index (χ3v) is 5.61. The summed E-state index contributed by atoms with van der Waals surface area (Å²) in [6.45, 7) is 0.564. The van der Waals surface area contributed by atoms with Crippen molar-refractivity contribution in [3.63, 3.8) is 0 Å². The molecule has 0 saturated carbocycles. The number of carbonyl (C=O) groups is 1. The SMILES string of the molecule is CC(c1ncnn1-c1ncccn1)N(CC(F)F)C(=O)c1cc(Cl)cc(S(C)(=O)=O)c1. The van der Waals surface area contributed by atoms with Crippen molar-refractivity contribution in [1.82, 2.24) is 29.6 Å². The first kappa shape index (κ1) is 22.7. The molecule has 1 amide bonds. The molecular formula is C18H17ClF2N6O3S. The van der Waals surface area contributed by atoms with Gasteiger partial charge in [-0.1, -0.05) is 11.6 Å². The second kappa shape index (κ2) is 9.02. The molecule has 0 fully saturated rings. The van der Waals surface area contributed by atoms with Crippen LogP contribution in [0, 0.1) is 0 Å². The maximum absolute atomic E-state index is 13.4. The predicted octanol–water partition coefficient (Wildman–Crippen LogP) is 2.58. The fourth-order valence-corrected chi connectivity index (χ4v) is 3.84. The summed E-state index contributed by atoms with van der Waals surface area (Å²) in [5.74, 6) is -0.553. The van der Waals surface area contributed by atoms with Crippen LogP contribution in [0.25, 0.3) is 5.95 Å². The first-order valence-corrected chi connectivity index (χ1v) is 11.1. The van der Waals surface area contributed by atoms with Crippen molar-refractivity contribution in [1.29, 1.82) is 0 Å². The number of nitrogens with zero attached hydrogens (tertiary/aromatic N) is 6. The van der Waals surface area contributed by atoms with Gasteiger partial charge in [0.25, 0.3) is 18.3 Å². The van der Waals surface area contributed by atoms with Crippen LogP contribution in [0.15, 0.2) is 47.9 Å². The summed E-state index contributed by atoms with van der Waals surface area (Å²) in [5.41, 5.74) is -0.151. The molecule has 0 bridgehead atoms. The molecule has 0 aliphatic carbocycles. The van der Waals surface area contributed by atoms with Gasteiger partial charge >= 0.3 is 0 Å². The lowest BCUT2D eigenvalue weighted by Crippen LogP contribution is -2.38. The van der Waals surface area contributed by atoms with E-state index < -0.39 is 34.8 Å². The minimum absolute atomic E-state index is 0.0169. The molecule has 1 unspecified atom stereocenters. The number of hydrogen-bond donors (Lipinski definition) is 0. The number of halogens is 3. The molecule has 13 heteroatoms. The Morgan fingerprint density at radius 3 is 2.48 bits per heavy atom. The monoisotopic (exact) mass is 470 g/mol. The van der Waals surface area contributed by atoms with Crippen molar-refractivity contribution >= 4 is 27.3 Å². The van der Waals surface area contributed by atoms with Gasteiger partial charge < -0.3 is 4.90 Å². The number of amides is 1. The van der Waals surface area contributed by atoms with Crippen LogP contribution in [-0.4, -0.2) is 63.2 Å². The maximum Gasteiger partial charge on any atom is 0.255 e. The van der Waals surface area contributed by atoms with E-state index in [-0.39, 0.29) is 27.3 Å². The van der Waals surface area contributed by atoms with E-state index in [1.807, 2.05) is 0 Å². The van der Waals surface area contributed by atoms with Crippen LogP contribution in [-0.2, 0) is 9.84 Å². The van der Waals surface area contributed by atoms with E-state index in [0.717, 1.165) is 17.2 Å². The second-order valence-corrected chi connectivity index (χ2v) is 9.00. The van der Waals surface area contributed by atoms with Gasteiger partial charge in [0.05, 0.1) is 17.5 Å². The van der Waals surface area contributed by atoms with Crippen LogP contribution in [0.5, 0.6) is 0 Å². The fraction of sp³-hybridized carbons (Fsp3) is 0.278. The highest BCUT2D eigenvalue weighted by Gasteiger charge is 2.30. The third kappa shape index (κ3) is 5.20. The summed E-state index contributed by atoms with van der Waals surface area (Å²) in [6.07, 6.45) is 2.23. The number of aromatic nitrogens is 5. The average Bonchev–Trinajstić information content (AvgIpc) is 3.20. The summed E-state index contributed by atoms with van der Waals surface area (Å²) >= 11 is 5.97. The van der Waals surface area contributed by atoms with Crippen molar-refractivity contribution in [2.45, 2.75) is 24.3 Å². The van der Waals surface area contributed by atoms with E-state index in [0.29, 0.717) is 0 Å². The average molecular weight is 471 g/mol. The van der Waals surface area contributed by atoms with E-state index in [4.69, 9.17) is 11.6 Å². The zero-order valence-corrected chi connectivity index (χ0v) is 17.9. The number of hydrogen-bond acceptors (Lipinski definition) is 7. The minimum Gasteiger partial charge on any atom is -0.323 e. The summed E-state index contributed by atoms with van der Waals surface area (Å²) in [5, 5.41) is 4.00. The molecular weight excluding hydrogens is 454 g/mol. The van der Waals surface area contributed by atoms with Crippen molar-refractivity contribution in [2.75, 3.05) is 12.8 Å². The molecule has 3 aromatic rings. The lowest BCUT2D eigenvalue weighted by molar-refractivity contribution is 0.0440. The Hall–Kier alpha value is -2.99. The molecule has 3 rings (SSSR count). The van der Waals surface area contributed by atoms with Crippen molar-refractivity contribution in [3.05, 3.63) is 59.4 Å². The van der Waals surface area contributed by atoms with Crippen LogP contribution < -0.4 is 0 Å². The lowest BCUT2D eigenvalue weighted by atomic mass is 10.1. The Balaban J connectivity index is 2.03. The molecule has 2 aromatic heterocycles. The Morgan fingerprint density at radius 1 is 1.19 bits per heavy atom. The number of carbonyl (C=O) groups excluding carboxylic acids is 1. The van der Waals surface area contributed by atoms with Crippen molar-refractivity contribution in [3.8, 4) is 5.95 Å². The molecule has 1 aromatic carbocycles. The van der Waals surface area contributed by atoms with Crippen LogP contribution in [0.1, 0.15) is 29.1 Å². The fourth-order valence-electron chi connectivity index (χ4n) is 2.86. The van der Waals surface area contributed by atoms with Gasteiger partial charge in [0.2, 0.25) is 0 Å². The van der Waals surface area contributed by atoms with E-state index in [2.05, 4.69) is 20.1 Å². The Morgan fingerprint density at radius 2 is 1.87 bits per heavy atom. The Labute approximate surface area is 181 Å². The Kier molecular flexibility index (Phi) is 6.60. The highest BCUT2D eigenvalue weighted by molar-refractivity contribution is 7.90. The quantitative estimate of drug-likeness (QED) is 0.521. The predicted molar refractivity (Wildman–Crippen MR) is 107 cm³/mol. The highest BCUT2D eigenvalue weighted by Crippen LogP contribution is 2.26. The van der Waals surface area contributed by atoms with Crippen LogP contribution in [0.4, 0.5) is 8.78 Å². The first-order chi connectivity index (χ1) is 14.6. The van der Waals surface area contributed by atoms with E-state index in [1.54, 1.807) is 6.07 Å². The number of benzene rings is 1. The Bertz CT molecular complexity index is 1190. The number of sulfone groups is 1. The summed E-state index contributed by atoms with van der Waals surface area (Å²) in [7, 11) is -3.68. The van der Waals surface area contributed by atoms with Crippen LogP contribution in [0.2, 0.25) is 5.02 Å². The topological polar surface area (TPSA) is 111 Å². The van der Waals surface area contributed by atoms with Gasteiger partial charge in [-0.05, 0) is 31.2 Å². The molecule has 9 nitrogen and oxygen atoms in total. The lowest BCUT2D eigenvalue weighted by Gasteiger charge is -2.28. The van der Waals surface area contributed by atoms with E-state index in [9.17, 15) is 22.0 Å². The standard InChI is InChI=1S/C18H17ClF2N6O3S/c1-11(16-24-10-25-27(16)18-22-4-3-5-23-18)26(9-15(20)21)17(28)12-6-13(19)8-14(7-12)31(2,29)30/h3-8,10-11,15H,9H2,1-2H3. The normalized spacial score (nSPS) is 12.7. The van der Waals surface area contributed by atoms with Gasteiger partial charge in [-0.15, -0.1) is 0 Å². The molecule has 1 atom stereocenters. The second-order valence-electron chi connectivity index (χ2n) is 6.55. The third-order valence-electron chi connectivity index (χ3n) is 4.30. The highest BCUT2D eigenvalue weighted by atomic mass is 35.5. The summed E-state index contributed by atoms with van der Waals surface area (Å²) in [4.78, 5) is 26.0. The minimum atomic E-state index is -3.68. The molecule has 2 heterocycles. The van der Waals surface area contributed by atoms with Gasteiger partial charge in [0, 0.05) is 29.2 Å². The van der Waals surface area contributed by atoms with Crippen LogP contribution in [0.3, 0.4) is 0 Å². The largest absolute Gasteiger partial charge is 0.323 e.